The van der Waals surface area contributed by atoms with Crippen LogP contribution in [0.4, 0.5) is 0 Å². The molecule has 6 nitrogen and oxygen atoms in total. The van der Waals surface area contributed by atoms with Crippen LogP contribution in [0.3, 0.4) is 0 Å². The molecule has 160 valence electrons. The van der Waals surface area contributed by atoms with Gasteiger partial charge < -0.3 is 10.6 Å². The lowest BCUT2D eigenvalue weighted by Crippen LogP contribution is -2.39. The van der Waals surface area contributed by atoms with E-state index in [0.29, 0.717) is 11.8 Å². The van der Waals surface area contributed by atoms with E-state index in [9.17, 15) is 8.42 Å². The normalized spacial score (nSPS) is 12.7. The first-order chi connectivity index (χ1) is 13.4. The van der Waals surface area contributed by atoms with Gasteiger partial charge in [0.05, 0.1) is 5.75 Å². The highest BCUT2D eigenvalue weighted by molar-refractivity contribution is 14.0. The van der Waals surface area contributed by atoms with E-state index in [-0.39, 0.29) is 29.7 Å². The number of thioether (sulfide) groups is 1. The number of rotatable bonds is 9. The van der Waals surface area contributed by atoms with Gasteiger partial charge in [0.1, 0.15) is 0 Å². The van der Waals surface area contributed by atoms with Crippen molar-refractivity contribution in [2.75, 3.05) is 20.6 Å². The Hall–Kier alpha value is -1.30. The SMILES string of the molecule is CN=C(NCc1ccc(CS(=O)(=O)NC)cc1)NCC(C)Sc1ccccc1.I. The van der Waals surface area contributed by atoms with Gasteiger partial charge in [0.15, 0.2) is 5.96 Å². The Bertz CT molecular complexity index is 860. The van der Waals surface area contributed by atoms with Gasteiger partial charge in [-0.05, 0) is 30.3 Å². The minimum absolute atomic E-state index is 0. The van der Waals surface area contributed by atoms with E-state index in [1.165, 1.54) is 11.9 Å². The fourth-order valence-electron chi connectivity index (χ4n) is 2.46. The fourth-order valence-corrected chi connectivity index (χ4v) is 4.19. The second-order valence-corrected chi connectivity index (χ2v) is 9.77. The number of halogens is 1. The molecule has 1 atom stereocenters. The third kappa shape index (κ3) is 9.83. The molecule has 0 aromatic heterocycles. The Labute approximate surface area is 195 Å². The van der Waals surface area contributed by atoms with Crippen LogP contribution in [-0.2, 0) is 22.3 Å². The Balaban J connectivity index is 0.00000420. The Kier molecular flexibility index (Phi) is 11.6. The highest BCUT2D eigenvalue weighted by Crippen LogP contribution is 2.21. The Morgan fingerprint density at radius 2 is 1.66 bits per heavy atom. The van der Waals surface area contributed by atoms with Crippen LogP contribution in [0.1, 0.15) is 18.1 Å². The van der Waals surface area contributed by atoms with Crippen molar-refractivity contribution in [3.05, 3.63) is 65.7 Å². The van der Waals surface area contributed by atoms with Gasteiger partial charge in [-0.25, -0.2) is 13.1 Å². The summed E-state index contributed by atoms with van der Waals surface area (Å²) in [6.45, 7) is 3.58. The maximum absolute atomic E-state index is 11.6. The van der Waals surface area contributed by atoms with Gasteiger partial charge in [-0.2, -0.15) is 0 Å². The molecule has 2 aromatic carbocycles. The lowest BCUT2D eigenvalue weighted by molar-refractivity contribution is 0.587. The topological polar surface area (TPSA) is 82.6 Å². The van der Waals surface area contributed by atoms with E-state index in [1.807, 2.05) is 54.2 Å². The molecule has 0 saturated heterocycles. The van der Waals surface area contributed by atoms with Crippen molar-refractivity contribution in [1.29, 1.82) is 0 Å². The van der Waals surface area contributed by atoms with E-state index in [4.69, 9.17) is 0 Å². The van der Waals surface area contributed by atoms with Crippen LogP contribution in [0.2, 0.25) is 0 Å². The van der Waals surface area contributed by atoms with Gasteiger partial charge >= 0.3 is 0 Å². The van der Waals surface area contributed by atoms with Crippen molar-refractivity contribution in [3.63, 3.8) is 0 Å². The summed E-state index contributed by atoms with van der Waals surface area (Å²) in [6.07, 6.45) is 0. The lowest BCUT2D eigenvalue weighted by Gasteiger charge is -2.16. The van der Waals surface area contributed by atoms with Crippen LogP contribution in [-0.4, -0.2) is 40.3 Å². The van der Waals surface area contributed by atoms with Crippen LogP contribution in [0.15, 0.2) is 64.5 Å². The Morgan fingerprint density at radius 1 is 1.03 bits per heavy atom. The number of hydrogen-bond acceptors (Lipinski definition) is 4. The van der Waals surface area contributed by atoms with Crippen molar-refractivity contribution >= 4 is 51.7 Å². The number of guanidine groups is 1. The van der Waals surface area contributed by atoms with Crippen molar-refractivity contribution in [3.8, 4) is 0 Å². The lowest BCUT2D eigenvalue weighted by atomic mass is 10.1. The van der Waals surface area contributed by atoms with Gasteiger partial charge in [-0.15, -0.1) is 35.7 Å². The first-order valence-electron chi connectivity index (χ1n) is 9.07. The van der Waals surface area contributed by atoms with Gasteiger partial charge in [-0.1, -0.05) is 49.4 Å². The third-order valence-corrected chi connectivity index (χ3v) is 6.46. The molecule has 0 saturated carbocycles. The number of nitrogens with zero attached hydrogens (tertiary/aromatic N) is 1. The second-order valence-electron chi connectivity index (χ2n) is 6.33. The molecule has 29 heavy (non-hydrogen) atoms. The predicted octanol–water partition coefficient (Wildman–Crippen LogP) is 3.20. The molecule has 0 bridgehead atoms. The van der Waals surface area contributed by atoms with Crippen LogP contribution in [0.5, 0.6) is 0 Å². The van der Waals surface area contributed by atoms with E-state index in [0.717, 1.165) is 23.6 Å². The third-order valence-electron chi connectivity index (χ3n) is 4.01. The number of nitrogens with one attached hydrogen (secondary N) is 3. The van der Waals surface area contributed by atoms with Crippen LogP contribution >= 0.6 is 35.7 Å². The van der Waals surface area contributed by atoms with Crippen LogP contribution in [0, 0.1) is 0 Å². The first-order valence-corrected chi connectivity index (χ1v) is 11.6. The highest BCUT2D eigenvalue weighted by Gasteiger charge is 2.09. The van der Waals surface area contributed by atoms with Gasteiger partial charge in [0, 0.05) is 30.3 Å². The number of aliphatic imine (C=N–C) groups is 1. The molecule has 9 heteroatoms. The Morgan fingerprint density at radius 3 is 2.24 bits per heavy atom. The zero-order valence-corrected chi connectivity index (χ0v) is 20.8. The van der Waals surface area contributed by atoms with E-state index in [2.05, 4.69) is 39.4 Å². The molecule has 0 fully saturated rings. The van der Waals surface area contributed by atoms with E-state index < -0.39 is 10.0 Å². The molecule has 1 unspecified atom stereocenters. The van der Waals surface area contributed by atoms with E-state index in [1.54, 1.807) is 7.05 Å². The molecule has 3 N–H and O–H groups in total. The zero-order valence-electron chi connectivity index (χ0n) is 16.9. The molecule has 0 heterocycles. The average Bonchev–Trinajstić information content (AvgIpc) is 2.70. The predicted molar refractivity (Wildman–Crippen MR) is 134 cm³/mol. The number of benzene rings is 2. The highest BCUT2D eigenvalue weighted by atomic mass is 127. The fraction of sp³-hybridized carbons (Fsp3) is 0.350. The summed E-state index contributed by atoms with van der Waals surface area (Å²) in [6, 6.07) is 17.8. The summed E-state index contributed by atoms with van der Waals surface area (Å²) >= 11 is 1.82. The molecular weight excluding hydrogens is 519 g/mol. The maximum atomic E-state index is 11.6. The molecular formula is C20H29IN4O2S2. The smallest absolute Gasteiger partial charge is 0.215 e. The van der Waals surface area contributed by atoms with Gasteiger partial charge in [0.25, 0.3) is 0 Å². The van der Waals surface area contributed by atoms with Gasteiger partial charge in [0.2, 0.25) is 10.0 Å². The van der Waals surface area contributed by atoms with Crippen LogP contribution in [0.25, 0.3) is 0 Å². The molecule has 2 rings (SSSR count). The summed E-state index contributed by atoms with van der Waals surface area (Å²) in [4.78, 5) is 5.51. The number of sulfonamides is 1. The summed E-state index contributed by atoms with van der Waals surface area (Å²) in [5.74, 6) is 0.722. The quantitative estimate of drug-likeness (QED) is 0.194. The summed E-state index contributed by atoms with van der Waals surface area (Å²) in [5.41, 5.74) is 1.81. The molecule has 0 aliphatic carbocycles. The van der Waals surface area contributed by atoms with Gasteiger partial charge in [-0.3, -0.25) is 4.99 Å². The van der Waals surface area contributed by atoms with Crippen molar-refractivity contribution in [2.45, 2.75) is 29.4 Å². The largest absolute Gasteiger partial charge is 0.355 e. The van der Waals surface area contributed by atoms with Crippen molar-refractivity contribution in [2.24, 2.45) is 4.99 Å². The molecule has 0 radical (unpaired) electrons. The first kappa shape index (κ1) is 25.7. The average molecular weight is 549 g/mol. The monoisotopic (exact) mass is 548 g/mol. The molecule has 2 aromatic rings. The summed E-state index contributed by atoms with van der Waals surface area (Å²) in [7, 11) is -0.0819. The van der Waals surface area contributed by atoms with Crippen LogP contribution < -0.4 is 15.4 Å². The standard InChI is InChI=1S/C20H28N4O2S2.HI/c1-16(27-19-7-5-4-6-8-19)13-23-20(21-2)24-14-17-9-11-18(12-10-17)15-28(25,26)22-3;/h4-12,16,22H,13-15H2,1-3H3,(H2,21,23,24);1H. The summed E-state index contributed by atoms with van der Waals surface area (Å²) < 4.78 is 25.5. The van der Waals surface area contributed by atoms with Crippen molar-refractivity contribution < 1.29 is 8.42 Å². The molecule has 0 aliphatic rings. The molecule has 0 amide bonds. The minimum Gasteiger partial charge on any atom is -0.355 e. The second kappa shape index (κ2) is 13.1. The maximum Gasteiger partial charge on any atom is 0.215 e. The number of hydrogen-bond donors (Lipinski definition) is 3. The van der Waals surface area contributed by atoms with Crippen molar-refractivity contribution in [1.82, 2.24) is 15.4 Å². The molecule has 0 spiro atoms. The minimum atomic E-state index is -3.25. The van der Waals surface area contributed by atoms with E-state index >= 15 is 0 Å². The zero-order chi connectivity index (χ0) is 20.4. The molecule has 0 aliphatic heterocycles. The summed E-state index contributed by atoms with van der Waals surface area (Å²) in [5, 5.41) is 7.02.